The van der Waals surface area contributed by atoms with Crippen molar-refractivity contribution in [2.75, 3.05) is 49.1 Å². The lowest BCUT2D eigenvalue weighted by Gasteiger charge is -2.30. The van der Waals surface area contributed by atoms with Crippen molar-refractivity contribution in [2.45, 2.75) is 130 Å². The van der Waals surface area contributed by atoms with Gasteiger partial charge in [-0.2, -0.15) is 0 Å². The number of aliphatic imine (C=N–C) groups is 1. The summed E-state index contributed by atoms with van der Waals surface area (Å²) >= 11 is 10.7. The zero-order chi connectivity index (χ0) is 59.6. The van der Waals surface area contributed by atoms with Crippen LogP contribution in [0, 0.1) is 5.92 Å². The average Bonchev–Trinajstić information content (AvgIpc) is 3.55. The molecule has 7 N–H and O–H groups in total. The van der Waals surface area contributed by atoms with Crippen LogP contribution in [0.3, 0.4) is 0 Å². The van der Waals surface area contributed by atoms with Crippen molar-refractivity contribution in [3.8, 4) is 11.5 Å². The van der Waals surface area contributed by atoms with E-state index < -0.39 is 36.1 Å². The van der Waals surface area contributed by atoms with Crippen LogP contribution in [0.2, 0.25) is 0 Å². The summed E-state index contributed by atoms with van der Waals surface area (Å²) in [6, 6.07) is 20.3. The van der Waals surface area contributed by atoms with Crippen LogP contribution in [-0.4, -0.2) is 125 Å². The number of thiocarbonyl (C=S) groups is 2. The Morgan fingerprint density at radius 1 is 0.695 bits per heavy atom. The number of carbonyl (C=O) groups is 7. The van der Waals surface area contributed by atoms with E-state index in [2.05, 4.69) is 63.8 Å². The SMILES string of the molecule is CCN(CC)c1ccc2c(c1)Oc1cc(N(CC)CC)ccc1C2=C1C=CC(=NC(=S)NCCCCCCCC(=O)C[C@@H](Cc2ccccc2)C(=O)NCCCC(=O)CC[C@@H](NC(=S)N[C@H](CCC(=O)O)OC=O)C(=O)O)C=C1C(=O)O. The summed E-state index contributed by atoms with van der Waals surface area (Å²) in [4.78, 5) is 95.1. The van der Waals surface area contributed by atoms with Gasteiger partial charge in [-0.05, 0) is 132 Å². The molecule has 82 heavy (non-hydrogen) atoms. The minimum Gasteiger partial charge on any atom is -0.481 e. The number of hydrogen-bond acceptors (Lipinski definition) is 13. The van der Waals surface area contributed by atoms with E-state index in [1.165, 1.54) is 0 Å². The van der Waals surface area contributed by atoms with Gasteiger partial charge in [0.2, 0.25) is 5.91 Å². The van der Waals surface area contributed by atoms with Gasteiger partial charge in [-0.25, -0.2) is 14.6 Å². The van der Waals surface area contributed by atoms with Crippen molar-refractivity contribution in [2.24, 2.45) is 10.9 Å². The van der Waals surface area contributed by atoms with Crippen LogP contribution in [0.25, 0.3) is 5.57 Å². The number of fused-ring (bicyclic) bond motifs is 2. The minimum absolute atomic E-state index is 0.0165. The summed E-state index contributed by atoms with van der Waals surface area (Å²) in [5.41, 5.74) is 6.32. The van der Waals surface area contributed by atoms with E-state index in [1.807, 2.05) is 66.7 Å². The second-order valence-corrected chi connectivity index (χ2v) is 20.6. The lowest BCUT2D eigenvalue weighted by molar-refractivity contribution is -0.141. The standard InChI is InChI=1S/C61H77N7O12S2/c1-5-67(6-2)43-23-27-48-52(37-43)80-53-38-44(68(7-3)8-4)24-28-49(53)56(48)47-26-22-42(36-50(47)58(75)76)64-60(81)63-32-16-11-9-10-15-20-46(71)35-41(34-40-18-13-12-14-19-40)57(74)62-33-17-21-45(70)25-29-51(59(77)78)65-61(82)66-54(79-39-69)30-31-55(72)73/h12-14,18-19,22-24,26-28,36-39,41,51,54H,5-11,15-17,20-21,25,29-35H2,1-4H3,(H,62,74)(H,63,81)(H,72,73)(H,75,76)(H,77,78)(H2,65,66,82)/t41-,51-,54+/m1/s1. The van der Waals surface area contributed by atoms with Crippen molar-refractivity contribution in [3.63, 3.8) is 0 Å². The number of rotatable bonds is 35. The number of benzene rings is 3. The summed E-state index contributed by atoms with van der Waals surface area (Å²) in [5.74, 6) is -3.35. The molecule has 19 nitrogen and oxygen atoms in total. The number of carboxylic acid groups (broad SMARTS) is 3. The number of Topliss-reactive ketones (excluding diaryl/α,β-unsaturated/α-hetero) is 2. The second-order valence-electron chi connectivity index (χ2n) is 19.8. The lowest BCUT2D eigenvalue weighted by atomic mass is 9.84. The molecular weight excluding hydrogens is 1090 g/mol. The minimum atomic E-state index is -1.28. The van der Waals surface area contributed by atoms with Gasteiger partial charge < -0.3 is 55.9 Å². The van der Waals surface area contributed by atoms with E-state index >= 15 is 0 Å². The quantitative estimate of drug-likeness (QED) is 0.00981. The van der Waals surface area contributed by atoms with E-state index in [1.54, 1.807) is 18.2 Å². The third-order valence-corrected chi connectivity index (χ3v) is 14.6. The van der Waals surface area contributed by atoms with Gasteiger partial charge >= 0.3 is 17.9 Å². The molecule has 0 unspecified atom stereocenters. The van der Waals surface area contributed by atoms with Gasteiger partial charge in [0.05, 0.1) is 17.7 Å². The first-order chi connectivity index (χ1) is 39.5. The van der Waals surface area contributed by atoms with Gasteiger partial charge in [-0.1, -0.05) is 55.7 Å². The first-order valence-corrected chi connectivity index (χ1v) is 29.0. The molecule has 0 bridgehead atoms. The van der Waals surface area contributed by atoms with Crippen molar-refractivity contribution in [3.05, 3.63) is 113 Å². The number of ether oxygens (including phenoxy) is 2. The van der Waals surface area contributed by atoms with Crippen LogP contribution in [0.1, 0.15) is 128 Å². The largest absolute Gasteiger partial charge is 0.481 e. The molecule has 1 aliphatic carbocycles. The van der Waals surface area contributed by atoms with E-state index in [4.69, 9.17) is 39.0 Å². The zero-order valence-electron chi connectivity index (χ0n) is 47.2. The predicted octanol–water partition coefficient (Wildman–Crippen LogP) is 8.87. The molecule has 3 aromatic rings. The zero-order valence-corrected chi connectivity index (χ0v) is 48.8. The molecule has 0 radical (unpaired) electrons. The molecule has 1 amide bonds. The average molecular weight is 1160 g/mol. The molecule has 1 aliphatic heterocycles. The topological polar surface area (TPSA) is 266 Å². The number of carbonyl (C=O) groups excluding carboxylic acids is 4. The molecule has 1 heterocycles. The Morgan fingerprint density at radius 3 is 1.90 bits per heavy atom. The van der Waals surface area contributed by atoms with Crippen molar-refractivity contribution in [1.29, 1.82) is 0 Å². The Morgan fingerprint density at radius 2 is 1.30 bits per heavy atom. The fourth-order valence-corrected chi connectivity index (χ4v) is 10.2. The highest BCUT2D eigenvalue weighted by molar-refractivity contribution is 7.80. The summed E-state index contributed by atoms with van der Waals surface area (Å²) < 4.78 is 11.4. The van der Waals surface area contributed by atoms with Crippen LogP contribution >= 0.6 is 24.4 Å². The number of anilines is 2. The van der Waals surface area contributed by atoms with E-state index in [9.17, 15) is 43.8 Å². The third-order valence-electron chi connectivity index (χ3n) is 14.1. The Bertz CT molecular complexity index is 2820. The molecule has 5 rings (SSSR count). The van der Waals surface area contributed by atoms with Crippen molar-refractivity contribution >= 4 is 99.2 Å². The maximum atomic E-state index is 13.5. The molecule has 0 saturated carbocycles. The number of nitrogens with one attached hydrogen (secondary N) is 4. The Kier molecular flexibility index (Phi) is 26.8. The summed E-state index contributed by atoms with van der Waals surface area (Å²) in [6.07, 6.45) is 8.54. The second kappa shape index (κ2) is 33.8. The smallest absolute Gasteiger partial charge is 0.336 e. The molecule has 0 fully saturated rings. The molecular formula is C61H77N7O12S2. The normalized spacial score (nSPS) is 13.9. The summed E-state index contributed by atoms with van der Waals surface area (Å²) in [5, 5.41) is 40.4. The van der Waals surface area contributed by atoms with Crippen molar-refractivity contribution in [1.82, 2.24) is 21.3 Å². The van der Waals surface area contributed by atoms with Gasteiger partial charge in [0.15, 0.2) is 16.5 Å². The fraction of sp³-hybridized carbons (Fsp3) is 0.443. The highest BCUT2D eigenvalue weighted by Crippen LogP contribution is 2.49. The van der Waals surface area contributed by atoms with Crippen LogP contribution in [0.15, 0.2) is 101 Å². The van der Waals surface area contributed by atoms with E-state index in [0.29, 0.717) is 55.0 Å². The first kappa shape index (κ1) is 65.0. The van der Waals surface area contributed by atoms with Crippen LogP contribution < -0.4 is 35.8 Å². The van der Waals surface area contributed by atoms with Crippen LogP contribution in [0.4, 0.5) is 11.4 Å². The highest BCUT2D eigenvalue weighted by atomic mass is 32.1. The monoisotopic (exact) mass is 1160 g/mol. The number of nitrogens with zero attached hydrogens (tertiary/aromatic N) is 3. The van der Waals surface area contributed by atoms with Gasteiger partial charge in [0.1, 0.15) is 29.1 Å². The maximum Gasteiger partial charge on any atom is 0.336 e. The number of allylic oxidation sites excluding steroid dienone is 3. The number of amides is 1. The van der Waals surface area contributed by atoms with Gasteiger partial charge in [-0.3, -0.25) is 24.0 Å². The molecule has 440 valence electrons. The van der Waals surface area contributed by atoms with Crippen molar-refractivity contribution < 1.29 is 58.4 Å². The first-order valence-electron chi connectivity index (χ1n) is 28.1. The molecule has 0 spiro atoms. The number of carboxylic acids is 3. The fourth-order valence-electron chi connectivity index (χ4n) is 9.76. The Labute approximate surface area is 490 Å². The number of ketones is 2. The van der Waals surface area contributed by atoms with Crippen LogP contribution in [0.5, 0.6) is 11.5 Å². The van der Waals surface area contributed by atoms with E-state index in [-0.39, 0.29) is 84.8 Å². The summed E-state index contributed by atoms with van der Waals surface area (Å²) in [7, 11) is 0. The van der Waals surface area contributed by atoms with Gasteiger partial charge in [0.25, 0.3) is 6.47 Å². The van der Waals surface area contributed by atoms with Crippen LogP contribution in [-0.2, 0) is 44.7 Å². The molecule has 0 aromatic heterocycles. The number of hydrogen-bond donors (Lipinski definition) is 7. The predicted molar refractivity (Wildman–Crippen MR) is 325 cm³/mol. The van der Waals surface area contributed by atoms with E-state index in [0.717, 1.165) is 85.5 Å². The number of unbranched alkanes of at least 4 members (excludes halogenated alkanes) is 4. The number of aliphatic carboxylic acids is 3. The maximum absolute atomic E-state index is 13.5. The lowest BCUT2D eigenvalue weighted by Crippen LogP contribution is -2.49. The molecule has 3 atom stereocenters. The van der Waals surface area contributed by atoms with Gasteiger partial charge in [-0.15, -0.1) is 0 Å². The highest BCUT2D eigenvalue weighted by Gasteiger charge is 2.30. The Balaban J connectivity index is 1.07. The Hall–Kier alpha value is -7.78. The third kappa shape index (κ3) is 20.3. The molecule has 0 saturated heterocycles. The molecule has 21 heteroatoms. The summed E-state index contributed by atoms with van der Waals surface area (Å²) in [6.45, 7) is 12.6. The molecule has 2 aliphatic rings. The molecule has 3 aromatic carbocycles. The van der Waals surface area contributed by atoms with Gasteiger partial charge in [0, 0.05) is 117 Å².